The van der Waals surface area contributed by atoms with Gasteiger partial charge in [-0.1, -0.05) is 0 Å². The lowest BCUT2D eigenvalue weighted by Gasteiger charge is -2.42. The summed E-state index contributed by atoms with van der Waals surface area (Å²) in [6.45, 7) is 6.90. The lowest BCUT2D eigenvalue weighted by molar-refractivity contribution is -0.131. The van der Waals surface area contributed by atoms with E-state index in [1.165, 1.54) is 18.7 Å². The van der Waals surface area contributed by atoms with Crippen LogP contribution in [0.5, 0.6) is 0 Å². The van der Waals surface area contributed by atoms with E-state index >= 15 is 0 Å². The van der Waals surface area contributed by atoms with Crippen LogP contribution in [0.3, 0.4) is 0 Å². The topological polar surface area (TPSA) is 87.1 Å². The van der Waals surface area contributed by atoms with E-state index < -0.39 is 17.4 Å². The van der Waals surface area contributed by atoms with Gasteiger partial charge in [0, 0.05) is 12.1 Å². The molecular formula is C20H22N2O3S. The van der Waals surface area contributed by atoms with Crippen molar-refractivity contribution in [3.8, 4) is 6.07 Å². The number of Topliss-reactive ketones (excluding diaryl/α,β-unsaturated/α-hetero) is 1. The number of rotatable bonds is 3. The van der Waals surface area contributed by atoms with E-state index in [4.69, 9.17) is 4.42 Å². The van der Waals surface area contributed by atoms with Gasteiger partial charge in [-0.2, -0.15) is 5.26 Å². The molecular weight excluding hydrogens is 348 g/mol. The van der Waals surface area contributed by atoms with Crippen molar-refractivity contribution in [2.45, 2.75) is 50.7 Å². The van der Waals surface area contributed by atoms with Gasteiger partial charge in [0.15, 0.2) is 0 Å². The second kappa shape index (κ2) is 6.57. The zero-order valence-electron chi connectivity index (χ0n) is 15.6. The van der Waals surface area contributed by atoms with Gasteiger partial charge in [-0.25, -0.2) is 4.98 Å². The largest absolute Gasteiger partial charge is 0.466 e. The number of nitrogens with zero attached hydrogens (tertiary/aromatic N) is 2. The molecule has 1 aliphatic rings. The first-order valence-electron chi connectivity index (χ1n) is 8.47. The van der Waals surface area contributed by atoms with Crippen molar-refractivity contribution >= 4 is 17.5 Å². The molecule has 2 heterocycles. The number of aryl methyl sites for hydroxylation is 2. The van der Waals surface area contributed by atoms with Crippen LogP contribution in [0.2, 0.25) is 0 Å². The minimum atomic E-state index is -1.28. The number of aromatic nitrogens is 1. The fourth-order valence-corrected chi connectivity index (χ4v) is 4.80. The zero-order chi connectivity index (χ0) is 19.2. The zero-order valence-corrected chi connectivity index (χ0v) is 16.4. The van der Waals surface area contributed by atoms with Gasteiger partial charge in [-0.3, -0.25) is 4.79 Å². The van der Waals surface area contributed by atoms with Gasteiger partial charge in [0.25, 0.3) is 0 Å². The summed E-state index contributed by atoms with van der Waals surface area (Å²) in [6, 6.07) is 5.94. The third-order valence-electron chi connectivity index (χ3n) is 5.16. The van der Waals surface area contributed by atoms with Crippen molar-refractivity contribution in [3.05, 3.63) is 46.0 Å². The first kappa shape index (κ1) is 18.7. The molecule has 6 heteroatoms. The summed E-state index contributed by atoms with van der Waals surface area (Å²) in [5.41, 5.74) is 1.57. The quantitative estimate of drug-likeness (QED) is 0.832. The first-order valence-corrected chi connectivity index (χ1v) is 9.70. The maximum Gasteiger partial charge on any atom is 0.136 e. The molecule has 3 unspecified atom stereocenters. The van der Waals surface area contributed by atoms with Crippen molar-refractivity contribution in [3.63, 3.8) is 0 Å². The summed E-state index contributed by atoms with van der Waals surface area (Å²) in [7, 11) is 0. The van der Waals surface area contributed by atoms with Crippen LogP contribution in [0.15, 0.2) is 21.6 Å². The van der Waals surface area contributed by atoms with Gasteiger partial charge in [0.2, 0.25) is 0 Å². The number of furan rings is 1. The predicted molar refractivity (Wildman–Crippen MR) is 99.3 cm³/mol. The number of thioether (sulfide) groups is 1. The van der Waals surface area contributed by atoms with Gasteiger partial charge in [0.1, 0.15) is 28.4 Å². The monoisotopic (exact) mass is 370 g/mol. The summed E-state index contributed by atoms with van der Waals surface area (Å²) in [4.78, 5) is 17.1. The van der Waals surface area contributed by atoms with Crippen LogP contribution in [0.4, 0.5) is 0 Å². The fourth-order valence-electron chi connectivity index (χ4n) is 4.20. The Labute approximate surface area is 157 Å². The van der Waals surface area contributed by atoms with E-state index in [0.717, 1.165) is 22.6 Å². The summed E-state index contributed by atoms with van der Waals surface area (Å²) in [5.74, 6) is 0.130. The van der Waals surface area contributed by atoms with Crippen LogP contribution in [0.25, 0.3) is 0 Å². The third kappa shape index (κ3) is 2.85. The lowest BCUT2D eigenvalue weighted by atomic mass is 9.64. The van der Waals surface area contributed by atoms with Gasteiger partial charge in [-0.05, 0) is 57.2 Å². The molecule has 5 nitrogen and oxygen atoms in total. The SMILES string of the molecule is CSc1nc(C)c2c(c1C#N)CC(C)(O)C(C(C)=O)C2c1ccc(C)o1. The average Bonchev–Trinajstić information content (AvgIpc) is 2.98. The Kier molecular flexibility index (Phi) is 4.72. The van der Waals surface area contributed by atoms with Crippen LogP contribution in [-0.2, 0) is 11.2 Å². The Balaban J connectivity index is 2.38. The van der Waals surface area contributed by atoms with E-state index in [1.54, 1.807) is 6.92 Å². The highest BCUT2D eigenvalue weighted by atomic mass is 32.2. The second-order valence-corrected chi connectivity index (χ2v) is 7.93. The van der Waals surface area contributed by atoms with Gasteiger partial charge >= 0.3 is 0 Å². The van der Waals surface area contributed by atoms with E-state index in [-0.39, 0.29) is 12.2 Å². The summed E-state index contributed by atoms with van der Waals surface area (Å²) in [6.07, 6.45) is 2.12. The lowest BCUT2D eigenvalue weighted by Crippen LogP contribution is -2.48. The summed E-state index contributed by atoms with van der Waals surface area (Å²) in [5, 5.41) is 21.5. The molecule has 2 aromatic rings. The highest BCUT2D eigenvalue weighted by Crippen LogP contribution is 2.49. The maximum atomic E-state index is 12.5. The molecule has 0 aliphatic heterocycles. The van der Waals surface area contributed by atoms with E-state index in [0.29, 0.717) is 16.3 Å². The van der Waals surface area contributed by atoms with E-state index in [2.05, 4.69) is 11.1 Å². The Hall–Kier alpha value is -2.10. The number of hydrogen-bond acceptors (Lipinski definition) is 6. The molecule has 3 atom stereocenters. The molecule has 0 amide bonds. The van der Waals surface area contributed by atoms with E-state index in [9.17, 15) is 15.2 Å². The number of nitriles is 1. The third-order valence-corrected chi connectivity index (χ3v) is 5.84. The van der Waals surface area contributed by atoms with Gasteiger partial charge in [-0.15, -0.1) is 11.8 Å². The Morgan fingerprint density at radius 2 is 2.15 bits per heavy atom. The predicted octanol–water partition coefficient (Wildman–Crippen LogP) is 3.53. The second-order valence-electron chi connectivity index (χ2n) is 7.13. The van der Waals surface area contributed by atoms with Crippen molar-refractivity contribution in [2.75, 3.05) is 6.26 Å². The average molecular weight is 370 g/mol. The standard InChI is InChI=1S/C20H22N2O3S/c1-10-6-7-15(25-10)17-16-11(2)22-19(26-5)14(9-21)13(16)8-20(4,24)18(17)12(3)23/h6-7,17-18,24H,8H2,1-5H3. The smallest absolute Gasteiger partial charge is 0.136 e. The molecule has 0 saturated carbocycles. The van der Waals surface area contributed by atoms with Crippen LogP contribution < -0.4 is 0 Å². The molecule has 3 rings (SSSR count). The summed E-state index contributed by atoms with van der Waals surface area (Å²) < 4.78 is 5.86. The molecule has 0 saturated heterocycles. The van der Waals surface area contributed by atoms with Crippen LogP contribution in [-0.4, -0.2) is 27.7 Å². The number of hydrogen-bond donors (Lipinski definition) is 1. The molecule has 136 valence electrons. The van der Waals surface area contributed by atoms with Crippen LogP contribution in [0, 0.1) is 31.1 Å². The van der Waals surface area contributed by atoms with E-state index in [1.807, 2.05) is 32.2 Å². The first-order chi connectivity index (χ1) is 12.2. The number of aliphatic hydroxyl groups is 1. The molecule has 0 radical (unpaired) electrons. The number of carbonyl (C=O) groups excluding carboxylic acids is 1. The number of ketones is 1. The van der Waals surface area contributed by atoms with Crippen molar-refractivity contribution in [1.29, 1.82) is 5.26 Å². The van der Waals surface area contributed by atoms with Crippen LogP contribution in [0.1, 0.15) is 53.7 Å². The molecule has 0 bridgehead atoms. The Morgan fingerprint density at radius 1 is 1.46 bits per heavy atom. The normalized spacial score (nSPS) is 24.8. The molecule has 1 N–H and O–H groups in total. The van der Waals surface area contributed by atoms with Crippen molar-refractivity contribution in [2.24, 2.45) is 5.92 Å². The molecule has 0 aromatic carbocycles. The maximum absolute atomic E-state index is 12.5. The molecule has 2 aromatic heterocycles. The highest BCUT2D eigenvalue weighted by molar-refractivity contribution is 7.98. The minimum absolute atomic E-state index is 0.105. The Morgan fingerprint density at radius 3 is 2.65 bits per heavy atom. The number of fused-ring (bicyclic) bond motifs is 1. The summed E-state index contributed by atoms with van der Waals surface area (Å²) >= 11 is 1.41. The molecule has 1 aliphatic carbocycles. The van der Waals surface area contributed by atoms with Gasteiger partial charge in [0.05, 0.1) is 23.0 Å². The van der Waals surface area contributed by atoms with Crippen molar-refractivity contribution in [1.82, 2.24) is 4.98 Å². The van der Waals surface area contributed by atoms with Crippen molar-refractivity contribution < 1.29 is 14.3 Å². The van der Waals surface area contributed by atoms with Crippen LogP contribution >= 0.6 is 11.8 Å². The molecule has 0 spiro atoms. The number of pyridine rings is 1. The molecule has 0 fully saturated rings. The molecule has 26 heavy (non-hydrogen) atoms. The Bertz CT molecular complexity index is 924. The fraction of sp³-hybridized carbons (Fsp3) is 0.450. The van der Waals surface area contributed by atoms with Gasteiger partial charge < -0.3 is 9.52 Å². The minimum Gasteiger partial charge on any atom is -0.466 e. The number of carbonyl (C=O) groups is 1. The highest BCUT2D eigenvalue weighted by Gasteiger charge is 2.50.